The highest BCUT2D eigenvalue weighted by Crippen LogP contribution is 2.15. The van der Waals surface area contributed by atoms with Gasteiger partial charge < -0.3 is 20.7 Å². The highest BCUT2D eigenvalue weighted by atomic mass is 16.5. The molecule has 0 radical (unpaired) electrons. The summed E-state index contributed by atoms with van der Waals surface area (Å²) >= 11 is 0. The monoisotopic (exact) mass is 319 g/mol. The fourth-order valence-electron chi connectivity index (χ4n) is 2.56. The Kier molecular flexibility index (Phi) is 6.87. The molecule has 0 bridgehead atoms. The van der Waals surface area contributed by atoms with E-state index in [2.05, 4.69) is 16.0 Å². The summed E-state index contributed by atoms with van der Waals surface area (Å²) in [5.41, 5.74) is 1.17. The van der Waals surface area contributed by atoms with Crippen LogP contribution >= 0.6 is 0 Å². The van der Waals surface area contributed by atoms with E-state index in [1.54, 1.807) is 0 Å². The van der Waals surface area contributed by atoms with E-state index in [0.29, 0.717) is 6.54 Å². The first kappa shape index (κ1) is 17.3. The molecule has 3 N–H and O–H groups in total. The third-order valence-corrected chi connectivity index (χ3v) is 3.87. The topological polar surface area (TPSA) is 79.5 Å². The normalized spacial score (nSPS) is 18.2. The van der Waals surface area contributed by atoms with Crippen LogP contribution in [-0.2, 0) is 16.0 Å². The third-order valence-electron chi connectivity index (χ3n) is 3.87. The van der Waals surface area contributed by atoms with Crippen LogP contribution in [-0.4, -0.2) is 43.8 Å². The van der Waals surface area contributed by atoms with Gasteiger partial charge in [-0.3, -0.25) is 4.79 Å². The molecule has 0 aromatic heterocycles. The Bertz CT molecular complexity index is 501. The number of urea groups is 1. The molecule has 1 aliphatic rings. The Labute approximate surface area is 137 Å². The van der Waals surface area contributed by atoms with E-state index < -0.39 is 0 Å². The predicted octanol–water partition coefficient (Wildman–Crippen LogP) is 1.21. The smallest absolute Gasteiger partial charge is 0.315 e. The number of carbonyl (C=O) groups is 2. The first-order chi connectivity index (χ1) is 11.1. The van der Waals surface area contributed by atoms with Crippen LogP contribution in [0.2, 0.25) is 0 Å². The molecule has 0 saturated carbocycles. The Hall–Kier alpha value is -2.08. The maximum Gasteiger partial charge on any atom is 0.315 e. The number of hydrogen-bond acceptors (Lipinski definition) is 3. The molecule has 126 valence electrons. The lowest BCUT2D eigenvalue weighted by molar-refractivity contribution is -0.120. The minimum absolute atomic E-state index is 0.0289. The van der Waals surface area contributed by atoms with E-state index in [4.69, 9.17) is 4.74 Å². The van der Waals surface area contributed by atoms with Gasteiger partial charge in [-0.25, -0.2) is 4.79 Å². The van der Waals surface area contributed by atoms with Crippen LogP contribution in [0.25, 0.3) is 0 Å². The van der Waals surface area contributed by atoms with Crippen molar-refractivity contribution < 1.29 is 14.3 Å². The molecule has 23 heavy (non-hydrogen) atoms. The second-order valence-corrected chi connectivity index (χ2v) is 5.75. The number of amides is 3. The van der Waals surface area contributed by atoms with Crippen LogP contribution < -0.4 is 16.0 Å². The summed E-state index contributed by atoms with van der Waals surface area (Å²) in [5, 5.41) is 8.16. The maximum atomic E-state index is 11.8. The number of rotatable bonds is 7. The van der Waals surface area contributed by atoms with Crippen molar-refractivity contribution in [1.29, 1.82) is 0 Å². The molecule has 2 atom stereocenters. The van der Waals surface area contributed by atoms with Crippen LogP contribution in [0, 0.1) is 0 Å². The second kappa shape index (κ2) is 9.15. The fourth-order valence-corrected chi connectivity index (χ4v) is 2.56. The number of ether oxygens (including phenoxy) is 1. The predicted molar refractivity (Wildman–Crippen MR) is 88.1 cm³/mol. The fraction of sp³-hybridized carbons (Fsp3) is 0.529. The lowest BCUT2D eigenvalue weighted by atomic mass is 10.1. The zero-order valence-electron chi connectivity index (χ0n) is 13.5. The molecule has 2 unspecified atom stereocenters. The molecule has 1 saturated heterocycles. The zero-order chi connectivity index (χ0) is 16.5. The van der Waals surface area contributed by atoms with Crippen LogP contribution in [0.15, 0.2) is 30.3 Å². The Morgan fingerprint density at radius 2 is 2.04 bits per heavy atom. The van der Waals surface area contributed by atoms with Gasteiger partial charge in [0.15, 0.2) is 0 Å². The number of carbonyl (C=O) groups excluding carboxylic acids is 2. The molecular weight excluding hydrogens is 294 g/mol. The number of hydrogen-bond donors (Lipinski definition) is 3. The Balaban J connectivity index is 1.57. The molecule has 1 aromatic carbocycles. The zero-order valence-corrected chi connectivity index (χ0v) is 13.5. The van der Waals surface area contributed by atoms with Crippen molar-refractivity contribution in [2.45, 2.75) is 38.3 Å². The molecule has 3 amide bonds. The quantitative estimate of drug-likeness (QED) is 0.707. The maximum absolute atomic E-state index is 11.8. The van der Waals surface area contributed by atoms with Gasteiger partial charge in [0.25, 0.3) is 0 Å². The van der Waals surface area contributed by atoms with E-state index in [0.717, 1.165) is 25.9 Å². The Morgan fingerprint density at radius 3 is 2.74 bits per heavy atom. The average Bonchev–Trinajstić information content (AvgIpc) is 3.08. The molecule has 1 heterocycles. The summed E-state index contributed by atoms with van der Waals surface area (Å²) in [7, 11) is 0. The molecule has 6 nitrogen and oxygen atoms in total. The van der Waals surface area contributed by atoms with Crippen LogP contribution in [0.5, 0.6) is 0 Å². The highest BCUT2D eigenvalue weighted by Gasteiger charge is 2.23. The van der Waals surface area contributed by atoms with E-state index >= 15 is 0 Å². The van der Waals surface area contributed by atoms with Crippen molar-refractivity contribution in [3.63, 3.8) is 0 Å². The van der Waals surface area contributed by atoms with Gasteiger partial charge in [0.05, 0.1) is 18.7 Å². The number of nitrogens with one attached hydrogen (secondary N) is 3. The SMILES string of the molecule is CC(NC(=O)NCC(=O)NCCc1ccccc1)C1CCCO1. The minimum Gasteiger partial charge on any atom is -0.376 e. The summed E-state index contributed by atoms with van der Waals surface area (Å²) in [5.74, 6) is -0.194. The highest BCUT2D eigenvalue weighted by molar-refractivity contribution is 5.83. The molecular formula is C17H25N3O3. The summed E-state index contributed by atoms with van der Waals surface area (Å²) < 4.78 is 5.51. The van der Waals surface area contributed by atoms with Crippen LogP contribution in [0.3, 0.4) is 0 Å². The van der Waals surface area contributed by atoms with Gasteiger partial charge in [0, 0.05) is 13.2 Å². The van der Waals surface area contributed by atoms with Crippen molar-refractivity contribution in [2.24, 2.45) is 0 Å². The van der Waals surface area contributed by atoms with Crippen molar-refractivity contribution in [3.8, 4) is 0 Å². The standard InChI is InChI=1S/C17H25N3O3/c1-13(15-8-5-11-23-15)20-17(22)19-12-16(21)18-10-9-14-6-3-2-4-7-14/h2-4,6-7,13,15H,5,8-12H2,1H3,(H,18,21)(H2,19,20,22). The van der Waals surface area contributed by atoms with Gasteiger partial charge in [0.2, 0.25) is 5.91 Å². The molecule has 1 aliphatic heterocycles. The molecule has 1 fully saturated rings. The molecule has 0 spiro atoms. The minimum atomic E-state index is -0.341. The van der Waals surface area contributed by atoms with Crippen molar-refractivity contribution in [3.05, 3.63) is 35.9 Å². The molecule has 6 heteroatoms. The third kappa shape index (κ3) is 6.28. The summed E-state index contributed by atoms with van der Waals surface area (Å²) in [6.07, 6.45) is 2.83. The summed E-state index contributed by atoms with van der Waals surface area (Å²) in [4.78, 5) is 23.5. The molecule has 0 aliphatic carbocycles. The average molecular weight is 319 g/mol. The first-order valence-corrected chi connectivity index (χ1v) is 8.12. The van der Waals surface area contributed by atoms with E-state index in [9.17, 15) is 9.59 Å². The summed E-state index contributed by atoms with van der Waals surface area (Å²) in [6, 6.07) is 9.54. The van der Waals surface area contributed by atoms with Gasteiger partial charge in [-0.2, -0.15) is 0 Å². The van der Waals surface area contributed by atoms with Crippen molar-refractivity contribution >= 4 is 11.9 Å². The lowest BCUT2D eigenvalue weighted by Crippen LogP contribution is -2.48. The first-order valence-electron chi connectivity index (χ1n) is 8.12. The van der Waals surface area contributed by atoms with Gasteiger partial charge >= 0.3 is 6.03 Å². The van der Waals surface area contributed by atoms with E-state index in [1.165, 1.54) is 5.56 Å². The van der Waals surface area contributed by atoms with Gasteiger partial charge in [-0.15, -0.1) is 0 Å². The second-order valence-electron chi connectivity index (χ2n) is 5.75. The van der Waals surface area contributed by atoms with E-state index in [-0.39, 0.29) is 30.6 Å². The number of benzene rings is 1. The lowest BCUT2D eigenvalue weighted by Gasteiger charge is -2.20. The van der Waals surface area contributed by atoms with Crippen LogP contribution in [0.4, 0.5) is 4.79 Å². The summed E-state index contributed by atoms with van der Waals surface area (Å²) in [6.45, 7) is 3.19. The van der Waals surface area contributed by atoms with Gasteiger partial charge in [0.1, 0.15) is 0 Å². The Morgan fingerprint density at radius 1 is 1.26 bits per heavy atom. The molecule has 1 aromatic rings. The van der Waals surface area contributed by atoms with Crippen molar-refractivity contribution in [1.82, 2.24) is 16.0 Å². The van der Waals surface area contributed by atoms with Crippen molar-refractivity contribution in [2.75, 3.05) is 19.7 Å². The van der Waals surface area contributed by atoms with E-state index in [1.807, 2.05) is 37.3 Å². The van der Waals surface area contributed by atoms with Gasteiger partial charge in [-0.1, -0.05) is 30.3 Å². The van der Waals surface area contributed by atoms with Gasteiger partial charge in [-0.05, 0) is 31.7 Å². The van der Waals surface area contributed by atoms with Crippen LogP contribution in [0.1, 0.15) is 25.3 Å². The molecule has 2 rings (SSSR count). The largest absolute Gasteiger partial charge is 0.376 e.